The van der Waals surface area contributed by atoms with Crippen molar-refractivity contribution in [2.75, 3.05) is 5.32 Å². The summed E-state index contributed by atoms with van der Waals surface area (Å²) >= 11 is 0.961. The van der Waals surface area contributed by atoms with Crippen LogP contribution in [0.3, 0.4) is 0 Å². The predicted molar refractivity (Wildman–Crippen MR) is 156 cm³/mol. The molecule has 8 nitrogen and oxygen atoms in total. The van der Waals surface area contributed by atoms with E-state index in [0.29, 0.717) is 11.1 Å². The monoisotopic (exact) mass is 625 g/mol. The van der Waals surface area contributed by atoms with Gasteiger partial charge in [-0.05, 0) is 41.3 Å². The molecule has 1 atom stereocenters. The Morgan fingerprint density at radius 1 is 0.930 bits per heavy atom. The standard InChI is InChI=1S/C30H22F3N3O5S2/c31-30(32,33)20-10-6-11-21(17-20)34-29(38)26(16-19-8-2-1-3-9-19)35-25-18-24(22-12-4-5-13-23(22)28(25)37)36-41-43(39,40)27-14-7-15-42-27/h1-15,17-18,26,36H,16H2,(H,34,38). The van der Waals surface area contributed by atoms with Crippen LogP contribution >= 0.6 is 11.3 Å². The number of hydrogen-bond donors (Lipinski definition) is 2. The molecule has 0 bridgehead atoms. The molecule has 0 saturated carbocycles. The van der Waals surface area contributed by atoms with Gasteiger partial charge in [0.25, 0.3) is 0 Å². The van der Waals surface area contributed by atoms with Crippen LogP contribution in [0, 0.1) is 0 Å². The molecular formula is C30H22F3N3O5S2. The van der Waals surface area contributed by atoms with Gasteiger partial charge in [-0.15, -0.1) is 15.6 Å². The summed E-state index contributed by atoms with van der Waals surface area (Å²) in [5.74, 6) is -1.28. The van der Waals surface area contributed by atoms with E-state index in [9.17, 15) is 31.2 Å². The fourth-order valence-electron chi connectivity index (χ4n) is 4.26. The number of rotatable bonds is 9. The first-order chi connectivity index (χ1) is 20.5. The number of alkyl halides is 3. The molecule has 1 aliphatic rings. The van der Waals surface area contributed by atoms with Gasteiger partial charge in [0, 0.05) is 23.2 Å². The number of fused-ring (bicyclic) bond motifs is 1. The van der Waals surface area contributed by atoms with E-state index in [0.717, 1.165) is 23.5 Å². The van der Waals surface area contributed by atoms with Crippen molar-refractivity contribution >= 4 is 50.2 Å². The molecule has 220 valence electrons. The number of aliphatic imine (C=N–C) groups is 1. The number of nitrogens with zero attached hydrogens (tertiary/aromatic N) is 1. The van der Waals surface area contributed by atoms with E-state index in [1.54, 1.807) is 60.0 Å². The quantitative estimate of drug-likeness (QED) is 0.224. The van der Waals surface area contributed by atoms with Gasteiger partial charge in [-0.3, -0.25) is 14.6 Å². The maximum Gasteiger partial charge on any atom is 0.416 e. The molecule has 2 N–H and O–H groups in total. The lowest BCUT2D eigenvalue weighted by Gasteiger charge is -2.20. The minimum absolute atomic E-state index is 0.0178. The summed E-state index contributed by atoms with van der Waals surface area (Å²) in [5.41, 5.74) is 2.51. The highest BCUT2D eigenvalue weighted by atomic mass is 32.3. The minimum atomic E-state index is -4.61. The zero-order valence-corrected chi connectivity index (χ0v) is 23.7. The number of carbonyl (C=O) groups is 2. The first kappa shape index (κ1) is 29.9. The molecule has 0 aliphatic heterocycles. The smallest absolute Gasteiger partial charge is 0.324 e. The number of thiophene rings is 1. The van der Waals surface area contributed by atoms with Crippen LogP contribution in [0.1, 0.15) is 27.0 Å². The summed E-state index contributed by atoms with van der Waals surface area (Å²) in [6.45, 7) is 0. The van der Waals surface area contributed by atoms with Crippen LogP contribution in [0.25, 0.3) is 5.70 Å². The van der Waals surface area contributed by atoms with E-state index < -0.39 is 39.6 Å². The summed E-state index contributed by atoms with van der Waals surface area (Å²) < 4.78 is 69.9. The van der Waals surface area contributed by atoms with E-state index in [4.69, 9.17) is 4.28 Å². The predicted octanol–water partition coefficient (Wildman–Crippen LogP) is 5.91. The van der Waals surface area contributed by atoms with Gasteiger partial charge in [0.05, 0.1) is 11.3 Å². The van der Waals surface area contributed by atoms with Gasteiger partial charge in [0.1, 0.15) is 16.0 Å². The summed E-state index contributed by atoms with van der Waals surface area (Å²) in [4.78, 5) is 31.3. The van der Waals surface area contributed by atoms with Crippen LogP contribution in [0.15, 0.2) is 112 Å². The summed E-state index contributed by atoms with van der Waals surface area (Å²) in [6, 6.07) is 21.0. The average Bonchev–Trinajstić information content (AvgIpc) is 3.54. The van der Waals surface area contributed by atoms with Crippen molar-refractivity contribution in [1.82, 2.24) is 5.48 Å². The van der Waals surface area contributed by atoms with Gasteiger partial charge in [-0.25, -0.2) is 5.48 Å². The number of amides is 1. The maximum absolute atomic E-state index is 13.5. The van der Waals surface area contributed by atoms with Crippen molar-refractivity contribution < 1.29 is 35.5 Å². The molecule has 0 spiro atoms. The minimum Gasteiger partial charge on any atom is -0.324 e. The lowest BCUT2D eigenvalue weighted by molar-refractivity contribution is -0.137. The lowest BCUT2D eigenvalue weighted by Crippen LogP contribution is -2.32. The number of hydroxylamine groups is 1. The fourth-order valence-corrected chi connectivity index (χ4v) is 5.98. The third-order valence-electron chi connectivity index (χ3n) is 6.31. The van der Waals surface area contributed by atoms with Crippen LogP contribution in [-0.4, -0.2) is 31.9 Å². The fraction of sp³-hybridized carbons (Fsp3) is 0.100. The molecule has 13 heteroatoms. The maximum atomic E-state index is 13.5. The Kier molecular flexibility index (Phi) is 8.57. The van der Waals surface area contributed by atoms with Crippen molar-refractivity contribution in [2.45, 2.75) is 22.8 Å². The second-order valence-electron chi connectivity index (χ2n) is 9.29. The molecule has 0 fully saturated rings. The number of allylic oxidation sites excluding steroid dienone is 1. The molecule has 1 amide bonds. The molecule has 4 aromatic rings. The molecule has 1 heterocycles. The molecule has 0 radical (unpaired) electrons. The number of Topliss-reactive ketones (excluding diaryl/α,β-unsaturated/α-hetero) is 1. The third kappa shape index (κ3) is 7.08. The number of carbonyl (C=O) groups excluding carboxylic acids is 2. The highest BCUT2D eigenvalue weighted by Gasteiger charge is 2.31. The van der Waals surface area contributed by atoms with E-state index in [1.807, 2.05) is 0 Å². The van der Waals surface area contributed by atoms with Crippen LogP contribution < -0.4 is 10.8 Å². The molecule has 1 unspecified atom stereocenters. The van der Waals surface area contributed by atoms with E-state index >= 15 is 0 Å². The van der Waals surface area contributed by atoms with E-state index in [-0.39, 0.29) is 33.3 Å². The van der Waals surface area contributed by atoms with Crippen molar-refractivity contribution in [1.29, 1.82) is 0 Å². The lowest BCUT2D eigenvalue weighted by atomic mass is 9.92. The Hall–Kier alpha value is -4.59. The van der Waals surface area contributed by atoms with Gasteiger partial charge in [-0.1, -0.05) is 66.7 Å². The zero-order chi connectivity index (χ0) is 30.6. The van der Waals surface area contributed by atoms with Gasteiger partial charge in [0.2, 0.25) is 11.7 Å². The molecule has 5 rings (SSSR count). The Morgan fingerprint density at radius 2 is 1.65 bits per heavy atom. The van der Waals surface area contributed by atoms with Gasteiger partial charge >= 0.3 is 16.3 Å². The van der Waals surface area contributed by atoms with Crippen LogP contribution in [0.5, 0.6) is 0 Å². The highest BCUT2D eigenvalue weighted by molar-refractivity contribution is 7.88. The molecule has 1 aliphatic carbocycles. The van der Waals surface area contributed by atoms with Crippen LogP contribution in [-0.2, 0) is 31.8 Å². The average molecular weight is 626 g/mol. The largest absolute Gasteiger partial charge is 0.416 e. The highest BCUT2D eigenvalue weighted by Crippen LogP contribution is 2.31. The molecular weight excluding hydrogens is 603 g/mol. The van der Waals surface area contributed by atoms with Gasteiger partial charge in [-0.2, -0.15) is 21.6 Å². The molecule has 43 heavy (non-hydrogen) atoms. The number of benzene rings is 3. The number of hydrogen-bond acceptors (Lipinski definition) is 8. The topological polar surface area (TPSA) is 114 Å². The Bertz CT molecular complexity index is 1820. The first-order valence-electron chi connectivity index (χ1n) is 12.7. The van der Waals surface area contributed by atoms with Crippen molar-refractivity contribution in [2.24, 2.45) is 4.99 Å². The first-order valence-corrected chi connectivity index (χ1v) is 15.0. The SMILES string of the molecule is O=C1C(=NC(Cc2ccccc2)C(=O)Nc2cccc(C(F)(F)F)c2)C=C(NOS(=O)(=O)c2cccs2)c2ccccc21. The second kappa shape index (κ2) is 12.3. The van der Waals surface area contributed by atoms with Crippen LogP contribution in [0.2, 0.25) is 0 Å². The van der Waals surface area contributed by atoms with Crippen LogP contribution in [0.4, 0.5) is 18.9 Å². The van der Waals surface area contributed by atoms with Crippen molar-refractivity contribution in [3.8, 4) is 0 Å². The number of halogens is 3. The summed E-state index contributed by atoms with van der Waals surface area (Å²) in [7, 11) is -4.18. The second-order valence-corrected chi connectivity index (χ2v) is 12.0. The van der Waals surface area contributed by atoms with E-state index in [1.165, 1.54) is 30.3 Å². The normalized spacial score (nSPS) is 15.0. The van der Waals surface area contributed by atoms with Crippen molar-refractivity contribution in [3.05, 3.63) is 125 Å². The number of ketones is 1. The third-order valence-corrected chi connectivity index (χ3v) is 8.80. The number of anilines is 1. The molecule has 3 aromatic carbocycles. The van der Waals surface area contributed by atoms with Gasteiger partial charge < -0.3 is 5.32 Å². The number of nitrogens with one attached hydrogen (secondary N) is 2. The molecule has 0 saturated heterocycles. The molecule has 1 aromatic heterocycles. The van der Waals surface area contributed by atoms with Gasteiger partial charge in [0.15, 0.2) is 0 Å². The summed E-state index contributed by atoms with van der Waals surface area (Å²) in [6.07, 6.45) is -3.33. The zero-order valence-electron chi connectivity index (χ0n) is 22.0. The Balaban J connectivity index is 1.49. The van der Waals surface area contributed by atoms with Crippen molar-refractivity contribution in [3.63, 3.8) is 0 Å². The Labute approximate surface area is 248 Å². The summed E-state index contributed by atoms with van der Waals surface area (Å²) in [5, 5.41) is 4.05. The Morgan fingerprint density at radius 3 is 2.35 bits per heavy atom. The van der Waals surface area contributed by atoms with E-state index in [2.05, 4.69) is 15.8 Å².